The van der Waals surface area contributed by atoms with Crippen LogP contribution in [-0.4, -0.2) is 56.5 Å². The number of halogens is 4. The van der Waals surface area contributed by atoms with E-state index >= 15 is 8.78 Å². The molecule has 1 fully saturated rings. The van der Waals surface area contributed by atoms with Crippen molar-refractivity contribution < 1.29 is 22.7 Å². The Morgan fingerprint density at radius 3 is 1.96 bits per heavy atom. The summed E-state index contributed by atoms with van der Waals surface area (Å²) in [6.07, 6.45) is 1.55. The molecule has 0 bridgehead atoms. The highest BCUT2D eigenvalue weighted by molar-refractivity contribution is 5.66. The van der Waals surface area contributed by atoms with Gasteiger partial charge < -0.3 is 14.9 Å². The summed E-state index contributed by atoms with van der Waals surface area (Å²) < 4.78 is 61.7. The maximum absolute atomic E-state index is 16.4. The van der Waals surface area contributed by atoms with Gasteiger partial charge in [0.15, 0.2) is 5.54 Å². The first-order chi connectivity index (χ1) is 23.4. The van der Waals surface area contributed by atoms with Gasteiger partial charge in [0.1, 0.15) is 17.3 Å². The standard InChI is InChI=1S/C36H37F4N7O2/c1-23(2)20-32(48)25-6-12-29(13-7-25)46-18-16-45(17-19-46)28-10-4-24(5-11-28)26-8-15-33(41-22-26)36(39,40)35(3,47-34(49)42-43-44-47)30-14-9-27(37)21-31(30)38/h4-15,21-23,32,48H,16-20H2,1-3H3,(H,42,44,49)/t32?,35-/m1/s1. The number of aromatic amines is 1. The van der Waals surface area contributed by atoms with Gasteiger partial charge in [0.25, 0.3) is 0 Å². The smallest absolute Gasteiger partial charge is 0.362 e. The zero-order valence-corrected chi connectivity index (χ0v) is 27.3. The van der Waals surface area contributed by atoms with Crippen LogP contribution in [0.2, 0.25) is 0 Å². The van der Waals surface area contributed by atoms with E-state index in [2.05, 4.69) is 51.2 Å². The van der Waals surface area contributed by atoms with Gasteiger partial charge in [0.05, 0.1) is 6.10 Å². The molecule has 0 aliphatic carbocycles. The van der Waals surface area contributed by atoms with Gasteiger partial charge in [-0.05, 0) is 77.2 Å². The highest BCUT2D eigenvalue weighted by Crippen LogP contribution is 2.47. The van der Waals surface area contributed by atoms with Crippen molar-refractivity contribution in [1.29, 1.82) is 0 Å². The lowest BCUT2D eigenvalue weighted by Gasteiger charge is -2.37. The first-order valence-electron chi connectivity index (χ1n) is 16.1. The molecule has 0 saturated carbocycles. The molecule has 0 amide bonds. The molecule has 1 unspecified atom stereocenters. The maximum Gasteiger partial charge on any atom is 0.362 e. The summed E-state index contributed by atoms with van der Waals surface area (Å²) in [5, 5.41) is 19.2. The maximum atomic E-state index is 16.4. The SMILES string of the molecule is CC(C)CC(O)c1ccc(N2CCN(c3ccc(-c4ccc(C(F)(F)[C@@](C)(c5ccc(F)cc5F)n5nn[nH]c5=O)nc4)cc3)CC2)cc1. The summed E-state index contributed by atoms with van der Waals surface area (Å²) in [7, 11) is 0. The summed E-state index contributed by atoms with van der Waals surface area (Å²) in [6.45, 7) is 8.40. The molecule has 13 heteroatoms. The van der Waals surface area contributed by atoms with Crippen LogP contribution in [0.25, 0.3) is 11.1 Å². The third-order valence-corrected chi connectivity index (χ3v) is 9.23. The van der Waals surface area contributed by atoms with E-state index < -0.39 is 46.1 Å². The van der Waals surface area contributed by atoms with Gasteiger partial charge in [-0.2, -0.15) is 13.5 Å². The molecule has 1 aliphatic rings. The molecule has 1 saturated heterocycles. The van der Waals surface area contributed by atoms with Crippen molar-refractivity contribution in [2.45, 2.75) is 44.8 Å². The lowest BCUT2D eigenvalue weighted by atomic mass is 9.83. The predicted molar refractivity (Wildman–Crippen MR) is 179 cm³/mol. The number of H-pyrrole nitrogens is 1. The zero-order valence-electron chi connectivity index (χ0n) is 27.3. The van der Waals surface area contributed by atoms with Crippen molar-refractivity contribution in [2.24, 2.45) is 5.92 Å². The summed E-state index contributed by atoms with van der Waals surface area (Å²) in [4.78, 5) is 21.1. The second kappa shape index (κ2) is 13.5. The highest BCUT2D eigenvalue weighted by atomic mass is 19.3. The Bertz CT molecular complexity index is 1940. The lowest BCUT2D eigenvalue weighted by molar-refractivity contribution is -0.104. The Kier molecular flexibility index (Phi) is 9.30. The van der Waals surface area contributed by atoms with Gasteiger partial charge in [-0.25, -0.2) is 18.7 Å². The summed E-state index contributed by atoms with van der Waals surface area (Å²) >= 11 is 0. The fourth-order valence-electron chi connectivity index (χ4n) is 6.37. The number of aliphatic hydroxyl groups excluding tert-OH is 1. The van der Waals surface area contributed by atoms with E-state index in [0.717, 1.165) is 80.2 Å². The number of nitrogens with one attached hydrogen (secondary N) is 1. The number of aliphatic hydroxyl groups is 1. The van der Waals surface area contributed by atoms with Crippen LogP contribution in [-0.2, 0) is 11.5 Å². The van der Waals surface area contributed by atoms with E-state index in [1.165, 1.54) is 12.3 Å². The monoisotopic (exact) mass is 675 g/mol. The number of pyridine rings is 1. The Labute approximate surface area is 280 Å². The van der Waals surface area contributed by atoms with E-state index in [-0.39, 0.29) is 0 Å². The third-order valence-electron chi connectivity index (χ3n) is 9.23. The molecule has 6 rings (SSSR count). The van der Waals surface area contributed by atoms with Gasteiger partial charge in [-0.3, -0.25) is 4.98 Å². The summed E-state index contributed by atoms with van der Waals surface area (Å²) in [6, 6.07) is 20.6. The van der Waals surface area contributed by atoms with Gasteiger partial charge >= 0.3 is 11.6 Å². The minimum atomic E-state index is -3.99. The number of tetrazole rings is 1. The van der Waals surface area contributed by atoms with Crippen molar-refractivity contribution in [3.05, 3.63) is 124 Å². The number of hydrogen-bond acceptors (Lipinski definition) is 7. The minimum absolute atomic E-state index is 0.341. The molecule has 3 aromatic carbocycles. The van der Waals surface area contributed by atoms with Crippen LogP contribution in [0.1, 0.15) is 50.1 Å². The van der Waals surface area contributed by atoms with E-state index in [4.69, 9.17) is 0 Å². The van der Waals surface area contributed by atoms with Crippen molar-refractivity contribution in [1.82, 2.24) is 25.2 Å². The molecule has 2 atom stereocenters. The van der Waals surface area contributed by atoms with Crippen molar-refractivity contribution in [2.75, 3.05) is 36.0 Å². The van der Waals surface area contributed by atoms with Gasteiger partial charge in [-0.1, -0.05) is 50.2 Å². The molecule has 0 spiro atoms. The number of rotatable bonds is 10. The number of benzene rings is 3. The molecule has 2 aromatic heterocycles. The average molecular weight is 676 g/mol. The Balaban J connectivity index is 1.15. The van der Waals surface area contributed by atoms with Crippen LogP contribution < -0.4 is 15.5 Å². The molecule has 3 heterocycles. The van der Waals surface area contributed by atoms with Crippen LogP contribution >= 0.6 is 0 Å². The fraction of sp³-hybridized carbons (Fsp3) is 0.333. The largest absolute Gasteiger partial charge is 0.388 e. The second-order valence-corrected chi connectivity index (χ2v) is 12.9. The topological polar surface area (TPSA) is 103 Å². The number of alkyl halides is 2. The van der Waals surface area contributed by atoms with E-state index in [1.807, 2.05) is 41.5 Å². The number of nitrogens with zero attached hydrogens (tertiary/aromatic N) is 6. The number of hydrogen-bond donors (Lipinski definition) is 2. The molecule has 1 aliphatic heterocycles. The zero-order chi connectivity index (χ0) is 34.9. The summed E-state index contributed by atoms with van der Waals surface area (Å²) in [5.74, 6) is -5.82. The van der Waals surface area contributed by atoms with E-state index in [1.54, 1.807) is 0 Å². The molecular formula is C36H37F4N7O2. The van der Waals surface area contributed by atoms with Crippen LogP contribution in [0.15, 0.2) is 89.9 Å². The molecule has 49 heavy (non-hydrogen) atoms. The molecular weight excluding hydrogens is 638 g/mol. The number of anilines is 2. The van der Waals surface area contributed by atoms with Gasteiger partial charge in [0.2, 0.25) is 0 Å². The average Bonchev–Trinajstić information content (AvgIpc) is 3.54. The van der Waals surface area contributed by atoms with Crippen LogP contribution in [0.4, 0.5) is 28.9 Å². The third kappa shape index (κ3) is 6.54. The Morgan fingerprint density at radius 1 is 0.857 bits per heavy atom. The molecule has 5 aromatic rings. The van der Waals surface area contributed by atoms with Crippen molar-refractivity contribution in [3.8, 4) is 11.1 Å². The molecule has 0 radical (unpaired) electrons. The second-order valence-electron chi connectivity index (χ2n) is 12.9. The summed E-state index contributed by atoms with van der Waals surface area (Å²) in [5.41, 5.74) is -0.840. The van der Waals surface area contributed by atoms with E-state index in [9.17, 15) is 18.7 Å². The highest BCUT2D eigenvalue weighted by Gasteiger charge is 2.58. The van der Waals surface area contributed by atoms with Crippen LogP contribution in [0.3, 0.4) is 0 Å². The first-order valence-corrected chi connectivity index (χ1v) is 16.1. The Hall–Kier alpha value is -5.04. The predicted octanol–water partition coefficient (Wildman–Crippen LogP) is 6.27. The van der Waals surface area contributed by atoms with E-state index in [0.29, 0.717) is 22.2 Å². The normalized spacial score (nSPS) is 15.8. The van der Waals surface area contributed by atoms with Crippen molar-refractivity contribution >= 4 is 11.4 Å². The van der Waals surface area contributed by atoms with Crippen LogP contribution in [0, 0.1) is 17.6 Å². The number of aromatic nitrogens is 5. The van der Waals surface area contributed by atoms with Gasteiger partial charge in [-0.15, -0.1) is 0 Å². The molecule has 9 nitrogen and oxygen atoms in total. The molecule has 256 valence electrons. The van der Waals surface area contributed by atoms with Gasteiger partial charge in [0, 0.05) is 60.9 Å². The molecule has 2 N–H and O–H groups in total. The van der Waals surface area contributed by atoms with Crippen molar-refractivity contribution in [3.63, 3.8) is 0 Å². The quantitative estimate of drug-likeness (QED) is 0.168. The lowest BCUT2D eigenvalue weighted by Crippen LogP contribution is -2.52. The Morgan fingerprint density at radius 2 is 1.45 bits per heavy atom. The number of piperazine rings is 1. The van der Waals surface area contributed by atoms with Crippen LogP contribution in [0.5, 0.6) is 0 Å². The first kappa shape index (κ1) is 33.8. The minimum Gasteiger partial charge on any atom is -0.388 e. The fourth-order valence-corrected chi connectivity index (χ4v) is 6.37.